The van der Waals surface area contributed by atoms with Gasteiger partial charge in [-0.1, -0.05) is 0 Å². The van der Waals surface area contributed by atoms with E-state index >= 15 is 0 Å². The van der Waals surface area contributed by atoms with Gasteiger partial charge in [-0.2, -0.15) is 0 Å². The van der Waals surface area contributed by atoms with Crippen LogP contribution < -0.4 is 5.73 Å². The summed E-state index contributed by atoms with van der Waals surface area (Å²) in [6.07, 6.45) is 1.54. The fourth-order valence-corrected chi connectivity index (χ4v) is 1.25. The molecule has 1 aromatic rings. The molecule has 0 aromatic carbocycles. The second-order valence-corrected chi connectivity index (χ2v) is 2.74. The third kappa shape index (κ3) is 1.89. The molecule has 4 heteroatoms. The van der Waals surface area contributed by atoms with Crippen LogP contribution in [0, 0.1) is 6.92 Å². The van der Waals surface area contributed by atoms with Crippen molar-refractivity contribution in [3.05, 3.63) is 23.7 Å². The molecule has 13 heavy (non-hydrogen) atoms. The lowest BCUT2D eigenvalue weighted by Crippen LogP contribution is -2.22. The molecule has 0 saturated carbocycles. The molecule has 0 aliphatic rings. The Balaban J connectivity index is 2.90. The topological polar surface area (TPSA) is 65.5 Å². The van der Waals surface area contributed by atoms with E-state index in [1.54, 1.807) is 13.0 Å². The monoisotopic (exact) mass is 183 g/mol. The van der Waals surface area contributed by atoms with Crippen LogP contribution in [0.3, 0.4) is 0 Å². The summed E-state index contributed by atoms with van der Waals surface area (Å²) in [6, 6.07) is 1.74. The van der Waals surface area contributed by atoms with E-state index in [0.29, 0.717) is 5.76 Å². The first-order valence-corrected chi connectivity index (χ1v) is 4.02. The van der Waals surface area contributed by atoms with E-state index in [-0.39, 0.29) is 12.5 Å². The molecule has 0 saturated heterocycles. The number of nitrogens with two attached hydrogens (primary N) is 1. The molecule has 0 aliphatic heterocycles. The van der Waals surface area contributed by atoms with Crippen molar-refractivity contribution in [2.24, 2.45) is 5.73 Å². The van der Waals surface area contributed by atoms with Crippen molar-refractivity contribution in [2.45, 2.75) is 12.8 Å². The molecule has 72 valence electrons. The van der Waals surface area contributed by atoms with Gasteiger partial charge in [-0.3, -0.25) is 4.79 Å². The maximum Gasteiger partial charge on any atom is 0.314 e. The molecule has 0 fully saturated rings. The second-order valence-electron chi connectivity index (χ2n) is 2.74. The molecular weight excluding hydrogens is 170 g/mol. The molecule has 0 amide bonds. The van der Waals surface area contributed by atoms with E-state index in [2.05, 4.69) is 4.74 Å². The number of furan rings is 1. The SMILES string of the molecule is COC(=O)C(CN)c1ccoc1C. The summed E-state index contributed by atoms with van der Waals surface area (Å²) in [5.41, 5.74) is 6.27. The maximum atomic E-state index is 11.2. The van der Waals surface area contributed by atoms with Crippen LogP contribution in [0.1, 0.15) is 17.2 Å². The van der Waals surface area contributed by atoms with Crippen molar-refractivity contribution >= 4 is 5.97 Å². The molecule has 4 nitrogen and oxygen atoms in total. The van der Waals surface area contributed by atoms with E-state index in [1.165, 1.54) is 13.4 Å². The molecule has 2 N–H and O–H groups in total. The number of carbonyl (C=O) groups is 1. The second kappa shape index (κ2) is 4.09. The Labute approximate surface area is 76.7 Å². The van der Waals surface area contributed by atoms with Crippen molar-refractivity contribution in [2.75, 3.05) is 13.7 Å². The largest absolute Gasteiger partial charge is 0.469 e. The number of carbonyl (C=O) groups excluding carboxylic acids is 1. The van der Waals surface area contributed by atoms with Gasteiger partial charge >= 0.3 is 5.97 Å². The normalized spacial score (nSPS) is 12.5. The van der Waals surface area contributed by atoms with Crippen LogP contribution >= 0.6 is 0 Å². The molecule has 0 radical (unpaired) electrons. The number of methoxy groups -OCH3 is 1. The highest BCUT2D eigenvalue weighted by Gasteiger charge is 2.22. The summed E-state index contributed by atoms with van der Waals surface area (Å²) in [5.74, 6) is -0.0309. The quantitative estimate of drug-likeness (QED) is 0.704. The van der Waals surface area contributed by atoms with Gasteiger partial charge in [0.25, 0.3) is 0 Å². The van der Waals surface area contributed by atoms with Gasteiger partial charge in [0.2, 0.25) is 0 Å². The molecule has 1 rings (SSSR count). The highest BCUT2D eigenvalue weighted by atomic mass is 16.5. The van der Waals surface area contributed by atoms with Crippen LogP contribution in [-0.2, 0) is 9.53 Å². The Kier molecular flexibility index (Phi) is 3.08. The zero-order chi connectivity index (χ0) is 9.84. The lowest BCUT2D eigenvalue weighted by atomic mass is 10.0. The van der Waals surface area contributed by atoms with E-state index in [9.17, 15) is 4.79 Å². The first-order chi connectivity index (χ1) is 6.20. The number of hydrogen-bond donors (Lipinski definition) is 1. The molecule has 0 bridgehead atoms. The lowest BCUT2D eigenvalue weighted by molar-refractivity contribution is -0.142. The van der Waals surface area contributed by atoms with Crippen LogP contribution in [0.15, 0.2) is 16.7 Å². The van der Waals surface area contributed by atoms with E-state index in [4.69, 9.17) is 10.2 Å². The zero-order valence-corrected chi connectivity index (χ0v) is 7.74. The summed E-state index contributed by atoms with van der Waals surface area (Å²) in [6.45, 7) is 2.02. The number of esters is 1. The Morgan fingerprint density at radius 3 is 2.85 bits per heavy atom. The van der Waals surface area contributed by atoms with Crippen molar-refractivity contribution < 1.29 is 13.9 Å². The van der Waals surface area contributed by atoms with Gasteiger partial charge < -0.3 is 14.9 Å². The first-order valence-electron chi connectivity index (χ1n) is 4.02. The molecule has 0 spiro atoms. The molecule has 1 heterocycles. The number of aryl methyl sites for hydroxylation is 1. The van der Waals surface area contributed by atoms with Crippen molar-refractivity contribution in [3.8, 4) is 0 Å². The van der Waals surface area contributed by atoms with Gasteiger partial charge in [-0.15, -0.1) is 0 Å². The van der Waals surface area contributed by atoms with Crippen LogP contribution in [0.2, 0.25) is 0 Å². The fraction of sp³-hybridized carbons (Fsp3) is 0.444. The lowest BCUT2D eigenvalue weighted by Gasteiger charge is -2.10. The van der Waals surface area contributed by atoms with Gasteiger partial charge in [-0.05, 0) is 13.0 Å². The third-order valence-corrected chi connectivity index (χ3v) is 2.00. The Hall–Kier alpha value is -1.29. The summed E-state index contributed by atoms with van der Waals surface area (Å²) < 4.78 is 9.70. The average molecular weight is 183 g/mol. The smallest absolute Gasteiger partial charge is 0.314 e. The zero-order valence-electron chi connectivity index (χ0n) is 7.74. The average Bonchev–Trinajstić information content (AvgIpc) is 2.53. The summed E-state index contributed by atoms with van der Waals surface area (Å²) >= 11 is 0. The Morgan fingerprint density at radius 1 is 1.77 bits per heavy atom. The van der Waals surface area contributed by atoms with Gasteiger partial charge in [0, 0.05) is 12.1 Å². The standard InChI is InChI=1S/C9H13NO3/c1-6-7(3-4-13-6)8(5-10)9(11)12-2/h3-4,8H,5,10H2,1-2H3. The minimum Gasteiger partial charge on any atom is -0.469 e. The number of hydrogen-bond acceptors (Lipinski definition) is 4. The Bertz CT molecular complexity index is 293. The van der Waals surface area contributed by atoms with Gasteiger partial charge in [0.1, 0.15) is 5.76 Å². The minimum atomic E-state index is -0.413. The van der Waals surface area contributed by atoms with Crippen molar-refractivity contribution in [1.29, 1.82) is 0 Å². The molecule has 1 unspecified atom stereocenters. The number of ether oxygens (including phenoxy) is 1. The highest BCUT2D eigenvalue weighted by Crippen LogP contribution is 2.20. The van der Waals surface area contributed by atoms with E-state index in [1.807, 2.05) is 0 Å². The molecule has 1 atom stereocenters. The maximum absolute atomic E-state index is 11.2. The third-order valence-electron chi connectivity index (χ3n) is 2.00. The van der Waals surface area contributed by atoms with Crippen molar-refractivity contribution in [1.82, 2.24) is 0 Å². The van der Waals surface area contributed by atoms with Crippen LogP contribution in [0.5, 0.6) is 0 Å². The number of rotatable bonds is 3. The minimum absolute atomic E-state index is 0.229. The molecule has 1 aromatic heterocycles. The predicted octanol–water partition coefficient (Wildman–Crippen LogP) is 0.803. The fourth-order valence-electron chi connectivity index (χ4n) is 1.25. The summed E-state index contributed by atoms with van der Waals surface area (Å²) in [5, 5.41) is 0. The van der Waals surface area contributed by atoms with Gasteiger partial charge in [-0.25, -0.2) is 0 Å². The van der Waals surface area contributed by atoms with Crippen LogP contribution in [0.4, 0.5) is 0 Å². The van der Waals surface area contributed by atoms with E-state index < -0.39 is 5.92 Å². The van der Waals surface area contributed by atoms with E-state index in [0.717, 1.165) is 5.56 Å². The van der Waals surface area contributed by atoms with Crippen LogP contribution in [0.25, 0.3) is 0 Å². The molecule has 0 aliphatic carbocycles. The summed E-state index contributed by atoms with van der Waals surface area (Å²) in [4.78, 5) is 11.2. The Morgan fingerprint density at radius 2 is 2.46 bits per heavy atom. The predicted molar refractivity (Wildman–Crippen MR) is 47.3 cm³/mol. The van der Waals surface area contributed by atoms with Crippen LogP contribution in [-0.4, -0.2) is 19.6 Å². The molecular formula is C9H13NO3. The summed E-state index contributed by atoms with van der Waals surface area (Å²) in [7, 11) is 1.35. The first kappa shape index (κ1) is 9.80. The van der Waals surface area contributed by atoms with Gasteiger partial charge in [0.05, 0.1) is 19.3 Å². The highest BCUT2D eigenvalue weighted by molar-refractivity contribution is 5.78. The van der Waals surface area contributed by atoms with Gasteiger partial charge in [0.15, 0.2) is 0 Å². The van der Waals surface area contributed by atoms with Crippen molar-refractivity contribution in [3.63, 3.8) is 0 Å².